The van der Waals surface area contributed by atoms with Crippen molar-refractivity contribution in [3.63, 3.8) is 0 Å². The molecule has 4 rings (SSSR count). The van der Waals surface area contributed by atoms with E-state index in [1.54, 1.807) is 12.1 Å². The Morgan fingerprint density at radius 2 is 1.87 bits per heavy atom. The molecule has 1 aromatic heterocycles. The summed E-state index contributed by atoms with van der Waals surface area (Å²) in [6.07, 6.45) is 3.21. The van der Waals surface area contributed by atoms with E-state index in [2.05, 4.69) is 25.3 Å². The van der Waals surface area contributed by atoms with E-state index in [4.69, 9.17) is 4.74 Å². The number of carbonyl (C=O) groups excluding carboxylic acids is 1. The second-order valence-corrected chi connectivity index (χ2v) is 9.32. The topological polar surface area (TPSA) is 35.1 Å². The summed E-state index contributed by atoms with van der Waals surface area (Å²) in [5, 5.41) is 0. The number of carbonyl (C=O) groups is 1. The highest BCUT2D eigenvalue weighted by Crippen LogP contribution is 2.35. The summed E-state index contributed by atoms with van der Waals surface area (Å²) in [7, 11) is 1.97. The highest BCUT2D eigenvalue weighted by atomic mass is 19.1. The zero-order chi connectivity index (χ0) is 22.1. The quantitative estimate of drug-likeness (QED) is 0.414. The molecular weight excluding hydrogens is 391 g/mol. The summed E-state index contributed by atoms with van der Waals surface area (Å²) in [6.45, 7) is 6.80. The lowest BCUT2D eigenvalue weighted by molar-refractivity contribution is -0.634. The molecule has 1 fully saturated rings. The summed E-state index contributed by atoms with van der Waals surface area (Å²) >= 11 is 0. The van der Waals surface area contributed by atoms with E-state index in [-0.39, 0.29) is 24.4 Å². The van der Waals surface area contributed by atoms with Crippen LogP contribution in [0.25, 0.3) is 22.4 Å². The van der Waals surface area contributed by atoms with Gasteiger partial charge in [-0.15, -0.1) is 0 Å². The van der Waals surface area contributed by atoms with Gasteiger partial charge < -0.3 is 4.74 Å². The molecule has 0 bridgehead atoms. The molecule has 0 radical (unpaired) electrons. The van der Waals surface area contributed by atoms with Crippen molar-refractivity contribution in [3.8, 4) is 11.4 Å². The van der Waals surface area contributed by atoms with Crippen LogP contribution in [0.5, 0.6) is 0 Å². The lowest BCUT2D eigenvalue weighted by Gasteiger charge is -2.36. The maximum atomic E-state index is 13.5. The molecule has 31 heavy (non-hydrogen) atoms. The van der Waals surface area contributed by atoms with E-state index in [1.165, 1.54) is 18.6 Å². The number of aryl methyl sites for hydroxylation is 1. The van der Waals surface area contributed by atoms with Crippen molar-refractivity contribution < 1.29 is 18.5 Å². The zero-order valence-electron chi connectivity index (χ0n) is 18.8. The van der Waals surface area contributed by atoms with Crippen molar-refractivity contribution in [1.82, 2.24) is 4.57 Å². The predicted octanol–water partition coefficient (Wildman–Crippen LogP) is 5.28. The smallest absolute Gasteiger partial charge is 0.348 e. The summed E-state index contributed by atoms with van der Waals surface area (Å²) in [4.78, 5) is 13.1. The molecule has 4 nitrogen and oxygen atoms in total. The Hall–Kier alpha value is -2.69. The Morgan fingerprint density at radius 3 is 2.58 bits per heavy atom. The van der Waals surface area contributed by atoms with Crippen molar-refractivity contribution in [1.29, 1.82) is 0 Å². The largest absolute Gasteiger partial charge is 0.459 e. The van der Waals surface area contributed by atoms with Gasteiger partial charge in [0, 0.05) is 0 Å². The van der Waals surface area contributed by atoms with E-state index in [0.29, 0.717) is 17.8 Å². The van der Waals surface area contributed by atoms with Gasteiger partial charge >= 0.3 is 5.97 Å². The number of esters is 1. The van der Waals surface area contributed by atoms with Gasteiger partial charge in [0.05, 0.1) is 12.6 Å². The molecule has 3 aromatic rings. The Labute approximate surface area is 183 Å². The van der Waals surface area contributed by atoms with Crippen LogP contribution in [0, 0.1) is 23.6 Å². The Balaban J connectivity index is 1.67. The monoisotopic (exact) mass is 423 g/mol. The molecule has 3 atom stereocenters. The molecule has 1 aliphatic rings. The highest BCUT2D eigenvalue weighted by Gasteiger charge is 2.34. The van der Waals surface area contributed by atoms with Crippen LogP contribution in [0.15, 0.2) is 48.5 Å². The molecule has 1 aliphatic carbocycles. The third kappa shape index (κ3) is 4.36. The van der Waals surface area contributed by atoms with E-state index < -0.39 is 0 Å². The van der Waals surface area contributed by atoms with Crippen LogP contribution in [-0.4, -0.2) is 16.6 Å². The number of rotatable bonds is 5. The summed E-state index contributed by atoms with van der Waals surface area (Å²) in [5.41, 5.74) is 2.83. The number of fused-ring (bicyclic) bond motifs is 1. The fourth-order valence-electron chi connectivity index (χ4n) is 5.08. The molecule has 0 amide bonds. The minimum Gasteiger partial charge on any atom is -0.459 e. The second-order valence-electron chi connectivity index (χ2n) is 9.32. The summed E-state index contributed by atoms with van der Waals surface area (Å²) < 4.78 is 23.6. The van der Waals surface area contributed by atoms with Crippen LogP contribution in [-0.2, 0) is 23.1 Å². The number of imidazole rings is 1. The van der Waals surface area contributed by atoms with Crippen LogP contribution in [0.1, 0.15) is 40.0 Å². The van der Waals surface area contributed by atoms with Gasteiger partial charge in [0.25, 0.3) is 5.82 Å². The Morgan fingerprint density at radius 1 is 1.16 bits per heavy atom. The first kappa shape index (κ1) is 21.5. The van der Waals surface area contributed by atoms with Crippen LogP contribution < -0.4 is 4.57 Å². The molecule has 1 saturated carbocycles. The average Bonchev–Trinajstić information content (AvgIpc) is 3.00. The average molecular weight is 424 g/mol. The first-order valence-corrected chi connectivity index (χ1v) is 11.3. The number of hydrogen-bond donors (Lipinski definition) is 0. The van der Waals surface area contributed by atoms with Gasteiger partial charge in [-0.2, -0.15) is 0 Å². The van der Waals surface area contributed by atoms with Crippen molar-refractivity contribution in [2.24, 2.45) is 24.8 Å². The molecule has 0 N–H and O–H groups in total. The number of para-hydroxylation sites is 2. The minimum atomic E-state index is -0.278. The van der Waals surface area contributed by atoms with Gasteiger partial charge in [-0.1, -0.05) is 39.3 Å². The van der Waals surface area contributed by atoms with E-state index in [1.807, 2.05) is 35.9 Å². The SMILES string of the molecule is CC(C)C1CC[C@@H](C)C[C@H]1OC(=O)Cn1c(-c2ccc(F)cc2)[n+](C)c2ccccc21. The van der Waals surface area contributed by atoms with Crippen molar-refractivity contribution in [2.45, 2.75) is 52.7 Å². The van der Waals surface area contributed by atoms with E-state index >= 15 is 0 Å². The van der Waals surface area contributed by atoms with Gasteiger partial charge in [-0.25, -0.2) is 18.3 Å². The Bertz CT molecular complexity index is 1070. The molecule has 1 heterocycles. The van der Waals surface area contributed by atoms with E-state index in [9.17, 15) is 9.18 Å². The van der Waals surface area contributed by atoms with Gasteiger partial charge in [-0.05, 0) is 67.0 Å². The van der Waals surface area contributed by atoms with Gasteiger partial charge in [-0.3, -0.25) is 0 Å². The number of hydrogen-bond acceptors (Lipinski definition) is 2. The lowest BCUT2D eigenvalue weighted by atomic mass is 9.75. The van der Waals surface area contributed by atoms with E-state index in [0.717, 1.165) is 35.3 Å². The summed E-state index contributed by atoms with van der Waals surface area (Å²) in [6, 6.07) is 14.4. The van der Waals surface area contributed by atoms with Crippen molar-refractivity contribution in [3.05, 3.63) is 54.3 Å². The minimum absolute atomic E-state index is 0.0268. The first-order chi connectivity index (χ1) is 14.8. The van der Waals surface area contributed by atoms with Crippen molar-refractivity contribution in [2.75, 3.05) is 0 Å². The fraction of sp³-hybridized carbons (Fsp3) is 0.462. The normalized spacial score (nSPS) is 21.5. The molecule has 164 valence electrons. The molecule has 5 heteroatoms. The van der Waals surface area contributed by atoms with Gasteiger partial charge in [0.15, 0.2) is 17.6 Å². The first-order valence-electron chi connectivity index (χ1n) is 11.3. The molecule has 0 aliphatic heterocycles. The van der Waals surface area contributed by atoms with Crippen molar-refractivity contribution >= 4 is 17.0 Å². The number of halogens is 1. The van der Waals surface area contributed by atoms with Crippen LogP contribution >= 0.6 is 0 Å². The predicted molar refractivity (Wildman–Crippen MR) is 120 cm³/mol. The molecule has 0 spiro atoms. The van der Waals surface area contributed by atoms with Crippen LogP contribution in [0.4, 0.5) is 4.39 Å². The molecule has 0 saturated heterocycles. The lowest BCUT2D eigenvalue weighted by Crippen LogP contribution is -2.37. The summed E-state index contributed by atoms with van der Waals surface area (Å²) in [5.74, 6) is 1.84. The molecular formula is C26H32FN2O2+. The number of aromatic nitrogens is 2. The number of benzene rings is 2. The van der Waals surface area contributed by atoms with Crippen LogP contribution in [0.3, 0.4) is 0 Å². The second kappa shape index (κ2) is 8.81. The fourth-order valence-corrected chi connectivity index (χ4v) is 5.08. The van der Waals surface area contributed by atoms with Gasteiger partial charge in [0.1, 0.15) is 11.9 Å². The Kier molecular flexibility index (Phi) is 6.12. The van der Waals surface area contributed by atoms with Gasteiger partial charge in [0.2, 0.25) is 0 Å². The number of nitrogens with zero attached hydrogens (tertiary/aromatic N) is 2. The maximum Gasteiger partial charge on any atom is 0.348 e. The third-order valence-corrected chi connectivity index (χ3v) is 6.74. The standard InChI is InChI=1S/C26H32FN2O2/c1-17(2)21-14-9-18(3)15-24(21)31-25(30)16-29-23-8-6-5-7-22(23)28(4)26(29)19-10-12-20(27)13-11-19/h5-8,10-13,17-18,21,24H,9,14-16H2,1-4H3/q+1/t18-,21?,24-/m1/s1. The number of ether oxygens (including phenoxy) is 1. The molecule has 2 aromatic carbocycles. The van der Waals surface area contributed by atoms with Crippen LogP contribution in [0.2, 0.25) is 0 Å². The highest BCUT2D eigenvalue weighted by molar-refractivity contribution is 5.79. The maximum absolute atomic E-state index is 13.5. The third-order valence-electron chi connectivity index (χ3n) is 6.74. The zero-order valence-corrected chi connectivity index (χ0v) is 18.8. The molecule has 1 unspecified atom stereocenters.